The van der Waals surface area contributed by atoms with Crippen molar-refractivity contribution >= 4 is 23.0 Å². The molecule has 0 unspecified atom stereocenters. The van der Waals surface area contributed by atoms with Crippen LogP contribution in [0.2, 0.25) is 0 Å². The van der Waals surface area contributed by atoms with E-state index in [1.807, 2.05) is 78.0 Å². The Morgan fingerprint density at radius 2 is 1.57 bits per heavy atom. The van der Waals surface area contributed by atoms with Gasteiger partial charge < -0.3 is 15.4 Å². The molecule has 1 aliphatic heterocycles. The van der Waals surface area contributed by atoms with Gasteiger partial charge in [-0.25, -0.2) is 9.97 Å². The molecule has 49 heavy (non-hydrogen) atoms. The Labute approximate surface area is 296 Å². The quantitative estimate of drug-likeness (QED) is 0.0885. The number of ether oxygens (including phenoxy) is 1. The van der Waals surface area contributed by atoms with Gasteiger partial charge in [0, 0.05) is 53.8 Å². The van der Waals surface area contributed by atoms with Gasteiger partial charge in [-0.1, -0.05) is 89.8 Å². The number of nitrogens with two attached hydrogens (primary N) is 1. The molecule has 0 saturated carbocycles. The molecule has 0 bridgehead atoms. The summed E-state index contributed by atoms with van der Waals surface area (Å²) in [4.78, 5) is 40.2. The van der Waals surface area contributed by atoms with Gasteiger partial charge in [0.1, 0.15) is 5.75 Å². The molecule has 7 nitrogen and oxygen atoms in total. The summed E-state index contributed by atoms with van der Waals surface area (Å²) >= 11 is 1.54. The van der Waals surface area contributed by atoms with Gasteiger partial charge in [0.25, 0.3) is 0 Å². The lowest BCUT2D eigenvalue weighted by Gasteiger charge is -2.41. The second-order valence-electron chi connectivity index (χ2n) is 14.4. The number of nitrogens with zero attached hydrogens (tertiary/aromatic N) is 3. The molecule has 2 aromatic heterocycles. The van der Waals surface area contributed by atoms with E-state index in [1.54, 1.807) is 11.3 Å². The van der Waals surface area contributed by atoms with Crippen molar-refractivity contribution in [1.29, 1.82) is 0 Å². The maximum absolute atomic E-state index is 13.7. The SMILES string of the molecule is CCCCCCCOc1ccc(-c2cnc(-c3ccc(C[C@H](CC(=O)c4ccc(C(C)(C)C)s4)C(=O)N4CC(CCN)C4)cc3)nc2)cc1. The molecule has 4 aromatic rings. The van der Waals surface area contributed by atoms with Gasteiger partial charge in [-0.05, 0) is 72.5 Å². The Hall–Kier alpha value is -3.88. The van der Waals surface area contributed by atoms with E-state index in [2.05, 4.69) is 37.7 Å². The molecule has 1 atom stereocenters. The molecule has 2 aromatic carbocycles. The highest BCUT2D eigenvalue weighted by molar-refractivity contribution is 7.14. The van der Waals surface area contributed by atoms with Crippen LogP contribution >= 0.6 is 11.3 Å². The Kier molecular flexibility index (Phi) is 12.8. The van der Waals surface area contributed by atoms with Crippen LogP contribution in [0.15, 0.2) is 73.1 Å². The molecule has 3 heterocycles. The predicted molar refractivity (Wildman–Crippen MR) is 200 cm³/mol. The number of benzene rings is 2. The van der Waals surface area contributed by atoms with Crippen LogP contribution in [-0.4, -0.2) is 52.8 Å². The van der Waals surface area contributed by atoms with Gasteiger partial charge in [-0.3, -0.25) is 9.59 Å². The fraction of sp³-hybridized carbons (Fsp3) is 0.463. The molecule has 0 radical (unpaired) electrons. The zero-order valence-electron chi connectivity index (χ0n) is 29.6. The van der Waals surface area contributed by atoms with Crippen molar-refractivity contribution < 1.29 is 14.3 Å². The Bertz CT molecular complexity index is 1640. The number of hydrogen-bond acceptors (Lipinski definition) is 7. The third kappa shape index (κ3) is 10.1. The molecule has 5 rings (SSSR count). The number of Topliss-reactive ketones (excluding diaryl/α,β-unsaturated/α-hetero) is 1. The topological polar surface area (TPSA) is 98.4 Å². The molecule has 2 N–H and O–H groups in total. The Morgan fingerprint density at radius 1 is 0.898 bits per heavy atom. The summed E-state index contributed by atoms with van der Waals surface area (Å²) in [6.07, 6.45) is 11.4. The first-order chi connectivity index (χ1) is 23.6. The fourth-order valence-corrected chi connectivity index (χ4v) is 7.24. The van der Waals surface area contributed by atoms with Crippen LogP contribution < -0.4 is 10.5 Å². The maximum Gasteiger partial charge on any atom is 0.226 e. The molecular weight excluding hydrogens is 629 g/mol. The molecule has 1 amide bonds. The largest absolute Gasteiger partial charge is 0.494 e. The molecule has 0 aliphatic carbocycles. The molecular formula is C41H52N4O3S. The van der Waals surface area contributed by atoms with Gasteiger partial charge in [0.2, 0.25) is 5.91 Å². The second kappa shape index (κ2) is 17.2. The lowest BCUT2D eigenvalue weighted by Crippen LogP contribution is -2.53. The van der Waals surface area contributed by atoms with Gasteiger partial charge in [-0.2, -0.15) is 0 Å². The highest BCUT2D eigenvalue weighted by atomic mass is 32.1. The number of carbonyl (C=O) groups excluding carboxylic acids is 2. The predicted octanol–water partition coefficient (Wildman–Crippen LogP) is 8.76. The Morgan fingerprint density at radius 3 is 2.20 bits per heavy atom. The molecule has 1 fully saturated rings. The van der Waals surface area contributed by atoms with Crippen LogP contribution in [0.25, 0.3) is 22.5 Å². The minimum absolute atomic E-state index is 0.0203. The number of unbranched alkanes of at least 4 members (excludes halogenated alkanes) is 4. The van der Waals surface area contributed by atoms with Crippen LogP contribution in [0.3, 0.4) is 0 Å². The van der Waals surface area contributed by atoms with Crippen LogP contribution in [0, 0.1) is 11.8 Å². The number of likely N-dealkylation sites (tertiary alicyclic amines) is 1. The van der Waals surface area contributed by atoms with Gasteiger partial charge in [-0.15, -0.1) is 11.3 Å². The lowest BCUT2D eigenvalue weighted by molar-refractivity contribution is -0.142. The van der Waals surface area contributed by atoms with Crippen molar-refractivity contribution in [2.24, 2.45) is 17.6 Å². The average molecular weight is 681 g/mol. The van der Waals surface area contributed by atoms with Crippen LogP contribution in [0.5, 0.6) is 5.75 Å². The zero-order chi connectivity index (χ0) is 34.8. The van der Waals surface area contributed by atoms with Crippen molar-refractivity contribution in [3.8, 4) is 28.3 Å². The van der Waals surface area contributed by atoms with Crippen LogP contribution in [0.1, 0.15) is 92.8 Å². The van der Waals surface area contributed by atoms with E-state index in [0.29, 0.717) is 24.7 Å². The third-order valence-electron chi connectivity index (χ3n) is 9.30. The first-order valence-electron chi connectivity index (χ1n) is 17.9. The molecule has 260 valence electrons. The average Bonchev–Trinajstić information content (AvgIpc) is 3.60. The zero-order valence-corrected chi connectivity index (χ0v) is 30.4. The van der Waals surface area contributed by atoms with E-state index in [1.165, 1.54) is 30.6 Å². The number of hydrogen-bond donors (Lipinski definition) is 1. The van der Waals surface area contributed by atoms with E-state index >= 15 is 0 Å². The first-order valence-corrected chi connectivity index (χ1v) is 18.7. The van der Waals surface area contributed by atoms with Crippen molar-refractivity contribution in [1.82, 2.24) is 14.9 Å². The standard InChI is InChI=1S/C41H52N4O3S/c1-5-6-7-8-9-22-48-35-16-14-31(15-17-35)34-25-43-39(44-26-34)32-12-10-29(11-13-32)23-33(40(47)45-27-30(28-45)20-21-42)24-36(46)37-18-19-38(49-37)41(2,3)4/h10-19,25-26,30,33H,5-9,20-24,27-28,42H2,1-4H3/t33-/m1/s1. The highest BCUT2D eigenvalue weighted by Crippen LogP contribution is 2.32. The number of thiophene rings is 1. The smallest absolute Gasteiger partial charge is 0.226 e. The van der Waals surface area contributed by atoms with E-state index in [0.717, 1.165) is 65.4 Å². The minimum Gasteiger partial charge on any atom is -0.494 e. The van der Waals surface area contributed by atoms with E-state index in [-0.39, 0.29) is 23.5 Å². The number of amides is 1. The Balaban J connectivity index is 1.21. The summed E-state index contributed by atoms with van der Waals surface area (Å²) in [5.74, 6) is 1.63. The molecule has 0 spiro atoms. The summed E-state index contributed by atoms with van der Waals surface area (Å²) in [6.45, 7) is 11.5. The highest BCUT2D eigenvalue weighted by Gasteiger charge is 2.35. The number of aromatic nitrogens is 2. The molecule has 1 saturated heterocycles. The normalized spacial score (nSPS) is 14.0. The van der Waals surface area contributed by atoms with Crippen molar-refractivity contribution in [3.63, 3.8) is 0 Å². The van der Waals surface area contributed by atoms with E-state index < -0.39 is 5.92 Å². The fourth-order valence-electron chi connectivity index (χ4n) is 6.23. The van der Waals surface area contributed by atoms with Gasteiger partial charge >= 0.3 is 0 Å². The van der Waals surface area contributed by atoms with Crippen molar-refractivity contribution in [3.05, 3.63) is 88.4 Å². The monoisotopic (exact) mass is 680 g/mol. The second-order valence-corrected chi connectivity index (χ2v) is 15.5. The van der Waals surface area contributed by atoms with Gasteiger partial charge in [0.15, 0.2) is 11.6 Å². The van der Waals surface area contributed by atoms with Crippen LogP contribution in [0.4, 0.5) is 0 Å². The number of ketones is 1. The number of rotatable bonds is 17. The van der Waals surface area contributed by atoms with Crippen molar-refractivity contribution in [2.75, 3.05) is 26.2 Å². The van der Waals surface area contributed by atoms with Crippen molar-refractivity contribution in [2.45, 2.75) is 84.5 Å². The maximum atomic E-state index is 13.7. The lowest BCUT2D eigenvalue weighted by atomic mass is 9.88. The summed E-state index contributed by atoms with van der Waals surface area (Å²) < 4.78 is 5.91. The van der Waals surface area contributed by atoms with E-state index in [4.69, 9.17) is 10.5 Å². The molecule has 8 heteroatoms. The summed E-state index contributed by atoms with van der Waals surface area (Å²) in [6, 6.07) is 20.1. The molecule has 1 aliphatic rings. The summed E-state index contributed by atoms with van der Waals surface area (Å²) in [5.41, 5.74) is 9.62. The van der Waals surface area contributed by atoms with Gasteiger partial charge in [0.05, 0.1) is 11.5 Å². The van der Waals surface area contributed by atoms with E-state index in [9.17, 15) is 9.59 Å². The third-order valence-corrected chi connectivity index (χ3v) is 10.8. The first kappa shape index (κ1) is 36.4. The summed E-state index contributed by atoms with van der Waals surface area (Å²) in [7, 11) is 0. The van der Waals surface area contributed by atoms with Crippen LogP contribution in [-0.2, 0) is 16.6 Å². The minimum atomic E-state index is -0.421. The number of carbonyl (C=O) groups is 2. The summed E-state index contributed by atoms with van der Waals surface area (Å²) in [5, 5.41) is 0.